The number of nitrogens with two attached hydrogens (primary N) is 1. The second-order valence-corrected chi connectivity index (χ2v) is 4.65. The van der Waals surface area contributed by atoms with Crippen LogP contribution in [0.4, 0.5) is 0 Å². The maximum absolute atomic E-state index is 12.0. The van der Waals surface area contributed by atoms with E-state index in [1.165, 1.54) is 0 Å². The molecule has 0 spiro atoms. The average Bonchev–Trinajstić information content (AvgIpc) is 2.88. The van der Waals surface area contributed by atoms with Crippen LogP contribution in [0, 0.1) is 0 Å². The van der Waals surface area contributed by atoms with Crippen molar-refractivity contribution in [2.75, 3.05) is 0 Å². The predicted molar refractivity (Wildman–Crippen MR) is 73.9 cm³/mol. The van der Waals surface area contributed by atoms with Crippen LogP contribution in [0.25, 0.3) is 0 Å². The van der Waals surface area contributed by atoms with Gasteiger partial charge in [-0.3, -0.25) is 4.79 Å². The Balaban J connectivity index is 2.04. The highest BCUT2D eigenvalue weighted by molar-refractivity contribution is 6.30. The van der Waals surface area contributed by atoms with Crippen molar-refractivity contribution in [3.05, 3.63) is 58.5 Å². The lowest BCUT2D eigenvalue weighted by atomic mass is 10.1. The number of rotatable bonds is 4. The molecule has 2 aromatic rings. The molecule has 0 radical (unpaired) electrons. The molecule has 100 valence electrons. The van der Waals surface area contributed by atoms with Crippen LogP contribution in [0.1, 0.15) is 34.8 Å². The van der Waals surface area contributed by atoms with Crippen LogP contribution in [0.5, 0.6) is 0 Å². The van der Waals surface area contributed by atoms with Crippen LogP contribution in [0.2, 0.25) is 5.02 Å². The Kier molecular flexibility index (Phi) is 4.24. The van der Waals surface area contributed by atoms with Gasteiger partial charge in [-0.1, -0.05) is 23.7 Å². The Hall–Kier alpha value is -1.78. The first kappa shape index (κ1) is 13.6. The van der Waals surface area contributed by atoms with Crippen LogP contribution < -0.4 is 11.1 Å². The zero-order valence-corrected chi connectivity index (χ0v) is 11.3. The van der Waals surface area contributed by atoms with Crippen LogP contribution in [-0.2, 0) is 6.54 Å². The standard InChI is InChI=1S/C14H15ClN2O2/c1-9(10-2-4-11(15)5-3-10)17-14(18)13-7-6-12(8-16)19-13/h2-7,9H,8,16H2,1H3,(H,17,18)/t9-/m1/s1. The second-order valence-electron chi connectivity index (χ2n) is 4.22. The summed E-state index contributed by atoms with van der Waals surface area (Å²) in [7, 11) is 0. The van der Waals surface area contributed by atoms with Crippen molar-refractivity contribution in [2.45, 2.75) is 19.5 Å². The SMILES string of the molecule is C[C@@H](NC(=O)c1ccc(CN)o1)c1ccc(Cl)cc1. The van der Waals surface area contributed by atoms with Crippen LogP contribution >= 0.6 is 11.6 Å². The Morgan fingerprint density at radius 1 is 1.32 bits per heavy atom. The summed E-state index contributed by atoms with van der Waals surface area (Å²) in [4.78, 5) is 12.0. The number of benzene rings is 1. The number of carbonyl (C=O) groups excluding carboxylic acids is 1. The molecule has 1 aromatic carbocycles. The summed E-state index contributed by atoms with van der Waals surface area (Å²) in [6.45, 7) is 2.17. The van der Waals surface area contributed by atoms with E-state index in [1.807, 2.05) is 19.1 Å². The van der Waals surface area contributed by atoms with Gasteiger partial charge >= 0.3 is 0 Å². The third kappa shape index (κ3) is 3.36. The first-order valence-electron chi connectivity index (χ1n) is 5.95. The van der Waals surface area contributed by atoms with Gasteiger partial charge in [0.15, 0.2) is 5.76 Å². The molecular formula is C14H15ClN2O2. The van der Waals surface area contributed by atoms with E-state index in [4.69, 9.17) is 21.8 Å². The maximum Gasteiger partial charge on any atom is 0.287 e. The Labute approximate surface area is 116 Å². The van der Waals surface area contributed by atoms with E-state index < -0.39 is 0 Å². The Morgan fingerprint density at radius 3 is 2.58 bits per heavy atom. The minimum atomic E-state index is -0.262. The van der Waals surface area contributed by atoms with Gasteiger partial charge in [-0.2, -0.15) is 0 Å². The first-order chi connectivity index (χ1) is 9.10. The molecule has 1 amide bonds. The Morgan fingerprint density at radius 2 is 2.00 bits per heavy atom. The van der Waals surface area contributed by atoms with Crippen molar-refractivity contribution in [2.24, 2.45) is 5.73 Å². The molecule has 0 saturated heterocycles. The number of halogens is 1. The van der Waals surface area contributed by atoms with E-state index >= 15 is 0 Å². The van der Waals surface area contributed by atoms with E-state index in [2.05, 4.69) is 5.32 Å². The van der Waals surface area contributed by atoms with Gasteiger partial charge in [0.25, 0.3) is 5.91 Å². The van der Waals surface area contributed by atoms with Crippen molar-refractivity contribution in [1.82, 2.24) is 5.32 Å². The van der Waals surface area contributed by atoms with Crippen molar-refractivity contribution < 1.29 is 9.21 Å². The van der Waals surface area contributed by atoms with Gasteiger partial charge in [0.1, 0.15) is 5.76 Å². The first-order valence-corrected chi connectivity index (χ1v) is 6.33. The smallest absolute Gasteiger partial charge is 0.287 e. The predicted octanol–water partition coefficient (Wildman–Crippen LogP) is 2.88. The summed E-state index contributed by atoms with van der Waals surface area (Å²) in [6.07, 6.45) is 0. The average molecular weight is 279 g/mol. The lowest BCUT2D eigenvalue weighted by Gasteiger charge is -2.13. The topological polar surface area (TPSA) is 68.3 Å². The highest BCUT2D eigenvalue weighted by Crippen LogP contribution is 2.17. The molecule has 0 bridgehead atoms. The lowest BCUT2D eigenvalue weighted by molar-refractivity contribution is 0.0910. The highest BCUT2D eigenvalue weighted by Gasteiger charge is 2.14. The molecule has 0 saturated carbocycles. The number of hydrogen-bond acceptors (Lipinski definition) is 3. The van der Waals surface area contributed by atoms with Gasteiger partial charge in [0.05, 0.1) is 12.6 Å². The quantitative estimate of drug-likeness (QED) is 0.903. The molecule has 1 heterocycles. The molecule has 0 aliphatic heterocycles. The molecular weight excluding hydrogens is 264 g/mol. The van der Waals surface area contributed by atoms with Gasteiger partial charge in [-0.15, -0.1) is 0 Å². The van der Waals surface area contributed by atoms with E-state index in [0.29, 0.717) is 10.8 Å². The summed E-state index contributed by atoms with van der Waals surface area (Å²) < 4.78 is 5.29. The number of carbonyl (C=O) groups is 1. The number of furan rings is 1. The van der Waals surface area contributed by atoms with Gasteiger partial charge in [-0.05, 0) is 36.8 Å². The lowest BCUT2D eigenvalue weighted by Crippen LogP contribution is -2.26. The maximum atomic E-state index is 12.0. The summed E-state index contributed by atoms with van der Waals surface area (Å²) in [5, 5.41) is 3.52. The Bertz CT molecular complexity index is 563. The van der Waals surface area contributed by atoms with Gasteiger partial charge < -0.3 is 15.5 Å². The molecule has 1 atom stereocenters. The zero-order valence-electron chi connectivity index (χ0n) is 10.5. The largest absolute Gasteiger partial charge is 0.455 e. The molecule has 0 aliphatic rings. The monoisotopic (exact) mass is 278 g/mol. The fourth-order valence-corrected chi connectivity index (χ4v) is 1.84. The minimum Gasteiger partial charge on any atom is -0.455 e. The van der Waals surface area contributed by atoms with Gasteiger partial charge in [0.2, 0.25) is 0 Å². The van der Waals surface area contributed by atoms with Crippen molar-refractivity contribution in [3.63, 3.8) is 0 Å². The van der Waals surface area contributed by atoms with Gasteiger partial charge in [0, 0.05) is 5.02 Å². The summed E-state index contributed by atoms with van der Waals surface area (Å²) in [6, 6.07) is 10.5. The number of nitrogens with one attached hydrogen (secondary N) is 1. The molecule has 4 nitrogen and oxygen atoms in total. The van der Waals surface area contributed by atoms with Crippen molar-refractivity contribution in [1.29, 1.82) is 0 Å². The van der Waals surface area contributed by atoms with E-state index in [-0.39, 0.29) is 24.3 Å². The number of hydrogen-bond donors (Lipinski definition) is 2. The minimum absolute atomic E-state index is 0.129. The third-order valence-corrected chi connectivity index (χ3v) is 3.06. The fraction of sp³-hybridized carbons (Fsp3) is 0.214. The van der Waals surface area contributed by atoms with E-state index in [1.54, 1.807) is 24.3 Å². The van der Waals surface area contributed by atoms with Crippen LogP contribution in [-0.4, -0.2) is 5.91 Å². The molecule has 3 N–H and O–H groups in total. The molecule has 0 unspecified atom stereocenters. The summed E-state index contributed by atoms with van der Waals surface area (Å²) in [5.41, 5.74) is 6.41. The normalized spacial score (nSPS) is 12.2. The van der Waals surface area contributed by atoms with Gasteiger partial charge in [-0.25, -0.2) is 0 Å². The molecule has 0 fully saturated rings. The highest BCUT2D eigenvalue weighted by atomic mass is 35.5. The molecule has 0 aliphatic carbocycles. The summed E-state index contributed by atoms with van der Waals surface area (Å²) >= 11 is 5.82. The van der Waals surface area contributed by atoms with Crippen LogP contribution in [0.3, 0.4) is 0 Å². The third-order valence-electron chi connectivity index (χ3n) is 2.80. The fourth-order valence-electron chi connectivity index (χ4n) is 1.71. The van der Waals surface area contributed by atoms with E-state index in [9.17, 15) is 4.79 Å². The molecule has 19 heavy (non-hydrogen) atoms. The second kappa shape index (κ2) is 5.91. The zero-order chi connectivity index (χ0) is 13.8. The van der Waals surface area contributed by atoms with Crippen molar-refractivity contribution >= 4 is 17.5 Å². The molecule has 1 aromatic heterocycles. The van der Waals surface area contributed by atoms with E-state index in [0.717, 1.165) is 5.56 Å². The molecule has 2 rings (SSSR count). The van der Waals surface area contributed by atoms with Crippen molar-refractivity contribution in [3.8, 4) is 0 Å². The summed E-state index contributed by atoms with van der Waals surface area (Å²) in [5.74, 6) is 0.590. The number of amides is 1. The molecule has 5 heteroatoms. The van der Waals surface area contributed by atoms with Crippen LogP contribution in [0.15, 0.2) is 40.8 Å².